The number of benzene rings is 3. The number of hydrogen-bond acceptors (Lipinski definition) is 4. The van der Waals surface area contributed by atoms with Crippen LogP contribution in [0.25, 0.3) is 0 Å². The SMILES string of the molecule is N#CCCCOc1cccc(NC(=O)C(Oc2ccccc2)c2ccccc2)c1. The molecule has 0 saturated carbocycles. The molecule has 1 N–H and O–H groups in total. The summed E-state index contributed by atoms with van der Waals surface area (Å²) < 4.78 is 11.6. The molecule has 146 valence electrons. The van der Waals surface area contributed by atoms with Crippen LogP contribution in [-0.2, 0) is 4.79 Å². The van der Waals surface area contributed by atoms with Crippen molar-refractivity contribution >= 4 is 11.6 Å². The fourth-order valence-electron chi connectivity index (χ4n) is 2.75. The molecule has 0 aromatic heterocycles. The molecule has 0 bridgehead atoms. The predicted octanol–water partition coefficient (Wildman–Crippen LogP) is 5.13. The molecule has 1 amide bonds. The molecule has 3 aromatic rings. The maximum Gasteiger partial charge on any atom is 0.270 e. The second-order valence-electron chi connectivity index (χ2n) is 6.35. The summed E-state index contributed by atoms with van der Waals surface area (Å²) in [6, 6.07) is 27.9. The number of nitrogens with zero attached hydrogens (tertiary/aromatic N) is 1. The Labute approximate surface area is 170 Å². The predicted molar refractivity (Wildman–Crippen MR) is 112 cm³/mol. The highest BCUT2D eigenvalue weighted by Gasteiger charge is 2.23. The van der Waals surface area contributed by atoms with E-state index in [9.17, 15) is 4.79 Å². The number of hydrogen-bond donors (Lipinski definition) is 1. The van der Waals surface area contributed by atoms with E-state index in [1.54, 1.807) is 12.1 Å². The van der Waals surface area contributed by atoms with Gasteiger partial charge in [0.05, 0.1) is 12.7 Å². The van der Waals surface area contributed by atoms with Gasteiger partial charge >= 0.3 is 0 Å². The number of anilines is 1. The number of nitriles is 1. The van der Waals surface area contributed by atoms with Gasteiger partial charge in [-0.1, -0.05) is 54.6 Å². The lowest BCUT2D eigenvalue weighted by Gasteiger charge is -2.19. The summed E-state index contributed by atoms with van der Waals surface area (Å²) in [6.07, 6.45) is 0.318. The molecular formula is C24H22N2O3. The first-order valence-electron chi connectivity index (χ1n) is 9.43. The van der Waals surface area contributed by atoms with E-state index < -0.39 is 6.10 Å². The van der Waals surface area contributed by atoms with E-state index in [0.717, 1.165) is 5.56 Å². The number of rotatable bonds is 9. The number of ether oxygens (including phenoxy) is 2. The third kappa shape index (κ3) is 6.12. The van der Waals surface area contributed by atoms with Crippen LogP contribution in [0.15, 0.2) is 84.9 Å². The number of nitrogens with one attached hydrogen (secondary N) is 1. The molecule has 29 heavy (non-hydrogen) atoms. The molecule has 0 radical (unpaired) electrons. The van der Waals surface area contributed by atoms with Crippen molar-refractivity contribution in [2.45, 2.75) is 18.9 Å². The summed E-state index contributed by atoms with van der Waals surface area (Å²) >= 11 is 0. The summed E-state index contributed by atoms with van der Waals surface area (Å²) in [4.78, 5) is 13.0. The maximum absolute atomic E-state index is 13.0. The number of carbonyl (C=O) groups is 1. The standard InChI is InChI=1S/C24H22N2O3/c25-16-7-8-17-28-22-15-9-12-20(18-22)26-24(27)23(19-10-3-1-4-11-19)29-21-13-5-2-6-14-21/h1-6,9-15,18,23H,7-8,17H2,(H,26,27). The zero-order valence-electron chi connectivity index (χ0n) is 16.0. The first kappa shape index (κ1) is 20.0. The van der Waals surface area contributed by atoms with Gasteiger partial charge in [-0.3, -0.25) is 4.79 Å². The molecule has 0 aliphatic heterocycles. The molecule has 5 heteroatoms. The Bertz CT molecular complexity index is 953. The number of amides is 1. The minimum atomic E-state index is -0.793. The fourth-order valence-corrected chi connectivity index (χ4v) is 2.75. The lowest BCUT2D eigenvalue weighted by atomic mass is 10.1. The molecule has 0 saturated heterocycles. The summed E-state index contributed by atoms with van der Waals surface area (Å²) in [7, 11) is 0. The Morgan fingerprint density at radius 3 is 2.34 bits per heavy atom. The van der Waals surface area contributed by atoms with Gasteiger partial charge in [0.1, 0.15) is 11.5 Å². The van der Waals surface area contributed by atoms with Gasteiger partial charge in [0.15, 0.2) is 0 Å². The molecule has 0 aliphatic rings. The minimum Gasteiger partial charge on any atom is -0.493 e. The van der Waals surface area contributed by atoms with Gasteiger partial charge in [-0.05, 0) is 30.7 Å². The van der Waals surface area contributed by atoms with Gasteiger partial charge in [0, 0.05) is 23.7 Å². The Kier molecular flexibility index (Phi) is 7.25. The molecule has 0 fully saturated rings. The summed E-state index contributed by atoms with van der Waals surface area (Å²) in [5, 5.41) is 11.5. The van der Waals surface area contributed by atoms with E-state index in [4.69, 9.17) is 14.7 Å². The first-order chi connectivity index (χ1) is 14.3. The molecule has 0 heterocycles. The van der Waals surface area contributed by atoms with Gasteiger partial charge in [-0.15, -0.1) is 0 Å². The summed E-state index contributed by atoms with van der Waals surface area (Å²) in [5.41, 5.74) is 1.38. The zero-order valence-corrected chi connectivity index (χ0v) is 16.0. The highest BCUT2D eigenvalue weighted by molar-refractivity contribution is 5.95. The van der Waals surface area contributed by atoms with Crippen LogP contribution < -0.4 is 14.8 Å². The van der Waals surface area contributed by atoms with Crippen molar-refractivity contribution < 1.29 is 14.3 Å². The van der Waals surface area contributed by atoms with Crippen LogP contribution in [0.2, 0.25) is 0 Å². The monoisotopic (exact) mass is 386 g/mol. The van der Waals surface area contributed by atoms with Crippen molar-refractivity contribution in [1.82, 2.24) is 0 Å². The molecule has 0 aliphatic carbocycles. The van der Waals surface area contributed by atoms with Crippen molar-refractivity contribution in [2.24, 2.45) is 0 Å². The quantitative estimate of drug-likeness (QED) is 0.518. The maximum atomic E-state index is 13.0. The van der Waals surface area contributed by atoms with Gasteiger partial charge in [-0.25, -0.2) is 0 Å². The van der Waals surface area contributed by atoms with Gasteiger partial charge in [0.25, 0.3) is 5.91 Å². The third-order valence-electron chi connectivity index (χ3n) is 4.14. The summed E-state index contributed by atoms with van der Waals surface area (Å²) in [6.45, 7) is 0.453. The normalized spacial score (nSPS) is 11.1. The van der Waals surface area contributed by atoms with Gasteiger partial charge < -0.3 is 14.8 Å². The van der Waals surface area contributed by atoms with Crippen molar-refractivity contribution in [2.75, 3.05) is 11.9 Å². The van der Waals surface area contributed by atoms with Crippen molar-refractivity contribution in [3.63, 3.8) is 0 Å². The van der Waals surface area contributed by atoms with Crippen LogP contribution in [0.3, 0.4) is 0 Å². The van der Waals surface area contributed by atoms with Crippen LogP contribution in [0.1, 0.15) is 24.5 Å². The molecule has 5 nitrogen and oxygen atoms in total. The van der Waals surface area contributed by atoms with E-state index in [1.807, 2.05) is 72.8 Å². The van der Waals surface area contributed by atoms with Crippen LogP contribution in [0.4, 0.5) is 5.69 Å². The van der Waals surface area contributed by atoms with Crippen LogP contribution in [0, 0.1) is 11.3 Å². The Hall–Kier alpha value is -3.78. The number of carbonyl (C=O) groups excluding carboxylic acids is 1. The lowest BCUT2D eigenvalue weighted by Crippen LogP contribution is -2.25. The number of para-hydroxylation sites is 1. The average Bonchev–Trinajstić information content (AvgIpc) is 2.76. The zero-order chi connectivity index (χ0) is 20.3. The van der Waals surface area contributed by atoms with Gasteiger partial charge in [-0.2, -0.15) is 5.26 Å². The van der Waals surface area contributed by atoms with Crippen LogP contribution in [0.5, 0.6) is 11.5 Å². The van der Waals surface area contributed by atoms with E-state index in [-0.39, 0.29) is 5.91 Å². The Morgan fingerprint density at radius 2 is 1.62 bits per heavy atom. The highest BCUT2D eigenvalue weighted by atomic mass is 16.5. The van der Waals surface area contributed by atoms with E-state index in [0.29, 0.717) is 36.6 Å². The second kappa shape index (κ2) is 10.5. The van der Waals surface area contributed by atoms with Crippen molar-refractivity contribution in [3.8, 4) is 17.6 Å². The highest BCUT2D eigenvalue weighted by Crippen LogP contribution is 2.25. The van der Waals surface area contributed by atoms with Crippen molar-refractivity contribution in [1.29, 1.82) is 5.26 Å². The third-order valence-corrected chi connectivity index (χ3v) is 4.14. The smallest absolute Gasteiger partial charge is 0.270 e. The lowest BCUT2D eigenvalue weighted by molar-refractivity contribution is -0.123. The van der Waals surface area contributed by atoms with Crippen LogP contribution >= 0.6 is 0 Å². The van der Waals surface area contributed by atoms with Crippen molar-refractivity contribution in [3.05, 3.63) is 90.5 Å². The Balaban J connectivity index is 1.72. The molecule has 3 aromatic carbocycles. The van der Waals surface area contributed by atoms with Crippen LogP contribution in [-0.4, -0.2) is 12.5 Å². The molecule has 1 unspecified atom stereocenters. The molecule has 1 atom stereocenters. The molecule has 0 spiro atoms. The Morgan fingerprint density at radius 1 is 0.931 bits per heavy atom. The molecule has 3 rings (SSSR count). The molecular weight excluding hydrogens is 364 g/mol. The average molecular weight is 386 g/mol. The minimum absolute atomic E-state index is 0.276. The van der Waals surface area contributed by atoms with E-state index in [1.165, 1.54) is 0 Å². The van der Waals surface area contributed by atoms with E-state index >= 15 is 0 Å². The summed E-state index contributed by atoms with van der Waals surface area (Å²) in [5.74, 6) is 0.980. The second-order valence-corrected chi connectivity index (χ2v) is 6.35. The van der Waals surface area contributed by atoms with Gasteiger partial charge in [0.2, 0.25) is 6.10 Å². The van der Waals surface area contributed by atoms with E-state index in [2.05, 4.69) is 11.4 Å². The largest absolute Gasteiger partial charge is 0.493 e. The fraction of sp³-hybridized carbons (Fsp3) is 0.167. The number of unbranched alkanes of at least 4 members (excludes halogenated alkanes) is 1. The topological polar surface area (TPSA) is 71.3 Å². The first-order valence-corrected chi connectivity index (χ1v) is 9.43.